The molecule has 0 bridgehead atoms. The molecule has 1 saturated heterocycles. The molecule has 5 nitrogen and oxygen atoms in total. The summed E-state index contributed by atoms with van der Waals surface area (Å²) in [6.45, 7) is 3.01. The Kier molecular flexibility index (Phi) is 5.43. The van der Waals surface area contributed by atoms with E-state index in [1.54, 1.807) is 18.5 Å². The molecule has 0 radical (unpaired) electrons. The van der Waals surface area contributed by atoms with Gasteiger partial charge in [0.2, 0.25) is 5.91 Å². The van der Waals surface area contributed by atoms with Crippen molar-refractivity contribution < 1.29 is 9.90 Å². The van der Waals surface area contributed by atoms with E-state index in [2.05, 4.69) is 15.2 Å². The van der Waals surface area contributed by atoms with Crippen LogP contribution < -0.4 is 5.32 Å². The normalized spacial score (nSPS) is 16.0. The number of piperidine rings is 1. The smallest absolute Gasteiger partial charge is 0.223 e. The van der Waals surface area contributed by atoms with Crippen molar-refractivity contribution in [3.05, 3.63) is 59.9 Å². The number of hydrogen-bond donors (Lipinski definition) is 2. The lowest BCUT2D eigenvalue weighted by atomic mass is 9.95. The summed E-state index contributed by atoms with van der Waals surface area (Å²) in [6.07, 6.45) is 5.21. The van der Waals surface area contributed by atoms with Gasteiger partial charge in [-0.05, 0) is 43.6 Å². The Bertz CT molecular complexity index is 667. The number of benzene rings is 1. The van der Waals surface area contributed by atoms with Gasteiger partial charge in [-0.25, -0.2) is 0 Å². The van der Waals surface area contributed by atoms with Gasteiger partial charge in [-0.2, -0.15) is 0 Å². The first-order valence-corrected chi connectivity index (χ1v) is 8.38. The zero-order valence-corrected chi connectivity index (χ0v) is 13.7. The van der Waals surface area contributed by atoms with Crippen LogP contribution in [0.25, 0.3) is 0 Å². The standard InChI is InChI=1S/C19H23N3O2/c23-18-6-2-1-5-17(18)14-22-10-7-16(8-11-22)19(24)21-13-15-4-3-9-20-12-15/h1-6,9,12,16,23H,7-8,10-11,13-14H2,(H,21,24). The number of amides is 1. The van der Waals surface area contributed by atoms with Crippen LogP contribution in [0.15, 0.2) is 48.8 Å². The third-order valence-electron chi connectivity index (χ3n) is 4.53. The number of pyridine rings is 1. The summed E-state index contributed by atoms with van der Waals surface area (Å²) in [5, 5.41) is 12.9. The summed E-state index contributed by atoms with van der Waals surface area (Å²) < 4.78 is 0. The second kappa shape index (κ2) is 7.93. The fourth-order valence-electron chi connectivity index (χ4n) is 3.07. The average Bonchev–Trinajstić information content (AvgIpc) is 2.63. The van der Waals surface area contributed by atoms with Crippen molar-refractivity contribution in [3.63, 3.8) is 0 Å². The van der Waals surface area contributed by atoms with Crippen LogP contribution in [-0.4, -0.2) is 34.0 Å². The third-order valence-corrected chi connectivity index (χ3v) is 4.53. The lowest BCUT2D eigenvalue weighted by molar-refractivity contribution is -0.126. The molecule has 0 atom stereocenters. The number of nitrogens with one attached hydrogen (secondary N) is 1. The topological polar surface area (TPSA) is 65.5 Å². The lowest BCUT2D eigenvalue weighted by Gasteiger charge is -2.31. The van der Waals surface area contributed by atoms with Gasteiger partial charge >= 0.3 is 0 Å². The van der Waals surface area contributed by atoms with E-state index in [1.807, 2.05) is 30.3 Å². The van der Waals surface area contributed by atoms with Crippen LogP contribution in [0.3, 0.4) is 0 Å². The Morgan fingerprint density at radius 2 is 2.00 bits per heavy atom. The van der Waals surface area contributed by atoms with Crippen LogP contribution in [0.1, 0.15) is 24.0 Å². The molecule has 0 saturated carbocycles. The first-order chi connectivity index (χ1) is 11.7. The maximum absolute atomic E-state index is 12.3. The maximum atomic E-state index is 12.3. The molecule has 0 spiro atoms. The fourth-order valence-corrected chi connectivity index (χ4v) is 3.07. The quantitative estimate of drug-likeness (QED) is 0.885. The highest BCUT2D eigenvalue weighted by Crippen LogP contribution is 2.22. The number of para-hydroxylation sites is 1. The molecule has 1 amide bonds. The second-order valence-corrected chi connectivity index (χ2v) is 6.26. The molecule has 1 aliphatic rings. The summed E-state index contributed by atoms with van der Waals surface area (Å²) in [5.41, 5.74) is 1.96. The van der Waals surface area contributed by atoms with Crippen molar-refractivity contribution in [2.45, 2.75) is 25.9 Å². The molecule has 0 unspecified atom stereocenters. The average molecular weight is 325 g/mol. The number of nitrogens with zero attached hydrogens (tertiary/aromatic N) is 2. The number of likely N-dealkylation sites (tertiary alicyclic amines) is 1. The van der Waals surface area contributed by atoms with Gasteiger partial charge in [0.25, 0.3) is 0 Å². The van der Waals surface area contributed by atoms with Gasteiger partial charge in [0, 0.05) is 37.0 Å². The summed E-state index contributed by atoms with van der Waals surface area (Å²) in [7, 11) is 0. The number of phenolic OH excluding ortho intramolecular Hbond substituents is 1. The highest BCUT2D eigenvalue weighted by Gasteiger charge is 2.25. The first-order valence-electron chi connectivity index (χ1n) is 8.38. The molecule has 2 aromatic rings. The predicted molar refractivity (Wildman–Crippen MR) is 92.2 cm³/mol. The van der Waals surface area contributed by atoms with E-state index < -0.39 is 0 Å². The zero-order chi connectivity index (χ0) is 16.8. The minimum atomic E-state index is 0.0716. The molecule has 1 fully saturated rings. The minimum Gasteiger partial charge on any atom is -0.508 e. The number of carbonyl (C=O) groups is 1. The number of rotatable bonds is 5. The molecule has 5 heteroatoms. The molecule has 3 rings (SSSR count). The van der Waals surface area contributed by atoms with Crippen LogP contribution in [0.2, 0.25) is 0 Å². The van der Waals surface area contributed by atoms with E-state index in [0.717, 1.165) is 43.6 Å². The number of aromatic nitrogens is 1. The number of carbonyl (C=O) groups excluding carboxylic acids is 1. The van der Waals surface area contributed by atoms with Crippen LogP contribution in [0.5, 0.6) is 5.75 Å². The maximum Gasteiger partial charge on any atom is 0.223 e. The monoisotopic (exact) mass is 325 g/mol. The fraction of sp³-hybridized carbons (Fsp3) is 0.368. The van der Waals surface area contributed by atoms with Gasteiger partial charge in [0.05, 0.1) is 0 Å². The first kappa shape index (κ1) is 16.5. The van der Waals surface area contributed by atoms with Crippen molar-refractivity contribution in [1.29, 1.82) is 0 Å². The van der Waals surface area contributed by atoms with Gasteiger partial charge in [0.1, 0.15) is 5.75 Å². The van der Waals surface area contributed by atoms with Gasteiger partial charge < -0.3 is 10.4 Å². The Labute approximate surface area is 142 Å². The van der Waals surface area contributed by atoms with Crippen molar-refractivity contribution in [3.8, 4) is 5.75 Å². The number of aromatic hydroxyl groups is 1. The molecule has 24 heavy (non-hydrogen) atoms. The molecule has 0 aliphatic carbocycles. The SMILES string of the molecule is O=C(NCc1cccnc1)C1CCN(Cc2ccccc2O)CC1. The molecule has 2 heterocycles. The summed E-state index contributed by atoms with van der Waals surface area (Å²) in [4.78, 5) is 18.6. The minimum absolute atomic E-state index is 0.0716. The van der Waals surface area contributed by atoms with Gasteiger partial charge in [-0.3, -0.25) is 14.7 Å². The predicted octanol–water partition coefficient (Wildman–Crippen LogP) is 2.32. The molecular formula is C19H23N3O2. The summed E-state index contributed by atoms with van der Waals surface area (Å²) >= 11 is 0. The lowest BCUT2D eigenvalue weighted by Crippen LogP contribution is -2.40. The van der Waals surface area contributed by atoms with E-state index in [4.69, 9.17) is 0 Å². The molecule has 2 N–H and O–H groups in total. The Morgan fingerprint density at radius 3 is 2.71 bits per heavy atom. The number of phenols is 1. The molecule has 1 aromatic carbocycles. The van der Waals surface area contributed by atoms with Crippen molar-refractivity contribution in [2.24, 2.45) is 5.92 Å². The van der Waals surface area contributed by atoms with Gasteiger partial charge in [-0.15, -0.1) is 0 Å². The highest BCUT2D eigenvalue weighted by molar-refractivity contribution is 5.78. The summed E-state index contributed by atoms with van der Waals surface area (Å²) in [5.74, 6) is 0.539. The van der Waals surface area contributed by atoms with E-state index in [-0.39, 0.29) is 11.8 Å². The van der Waals surface area contributed by atoms with Crippen LogP contribution in [-0.2, 0) is 17.9 Å². The molecule has 126 valence electrons. The Morgan fingerprint density at radius 1 is 1.21 bits per heavy atom. The van der Waals surface area contributed by atoms with Gasteiger partial charge in [-0.1, -0.05) is 24.3 Å². The number of hydrogen-bond acceptors (Lipinski definition) is 4. The van der Waals surface area contributed by atoms with Crippen LogP contribution in [0.4, 0.5) is 0 Å². The highest BCUT2D eigenvalue weighted by atomic mass is 16.3. The largest absolute Gasteiger partial charge is 0.508 e. The Balaban J connectivity index is 1.44. The van der Waals surface area contributed by atoms with Crippen molar-refractivity contribution in [1.82, 2.24) is 15.2 Å². The van der Waals surface area contributed by atoms with E-state index in [9.17, 15) is 9.90 Å². The third kappa shape index (κ3) is 4.32. The Hall–Kier alpha value is -2.40. The molecule has 1 aliphatic heterocycles. The second-order valence-electron chi connectivity index (χ2n) is 6.26. The molecular weight excluding hydrogens is 302 g/mol. The van der Waals surface area contributed by atoms with E-state index in [0.29, 0.717) is 12.3 Å². The van der Waals surface area contributed by atoms with Gasteiger partial charge in [0.15, 0.2) is 0 Å². The van der Waals surface area contributed by atoms with Crippen molar-refractivity contribution in [2.75, 3.05) is 13.1 Å². The van der Waals surface area contributed by atoms with E-state index in [1.165, 1.54) is 0 Å². The zero-order valence-electron chi connectivity index (χ0n) is 13.7. The van der Waals surface area contributed by atoms with Crippen LogP contribution in [0, 0.1) is 5.92 Å². The molecule has 1 aromatic heterocycles. The van der Waals surface area contributed by atoms with Crippen LogP contribution >= 0.6 is 0 Å². The van der Waals surface area contributed by atoms with E-state index >= 15 is 0 Å². The summed E-state index contributed by atoms with van der Waals surface area (Å²) in [6, 6.07) is 11.3. The van der Waals surface area contributed by atoms with Crippen molar-refractivity contribution >= 4 is 5.91 Å².